The Morgan fingerprint density at radius 2 is 1.80 bits per heavy atom. The van der Waals surface area contributed by atoms with Gasteiger partial charge in [0.1, 0.15) is 5.82 Å². The lowest BCUT2D eigenvalue weighted by molar-refractivity contribution is -0.0850. The van der Waals surface area contributed by atoms with Crippen LogP contribution >= 0.6 is 0 Å². The fourth-order valence-corrected chi connectivity index (χ4v) is 3.20. The number of rotatable bonds is 4. The summed E-state index contributed by atoms with van der Waals surface area (Å²) in [7, 11) is 0. The Morgan fingerprint density at radius 1 is 1.04 bits per heavy atom. The van der Waals surface area contributed by atoms with Crippen molar-refractivity contribution in [3.8, 4) is 11.1 Å². The van der Waals surface area contributed by atoms with E-state index < -0.39 is 23.6 Å². The number of hydrogen-bond donors (Lipinski definition) is 0. The van der Waals surface area contributed by atoms with Crippen LogP contribution in [0, 0.1) is 24.4 Å². The van der Waals surface area contributed by atoms with Crippen molar-refractivity contribution in [3.05, 3.63) is 58.9 Å². The van der Waals surface area contributed by atoms with Gasteiger partial charge in [0, 0.05) is 23.3 Å². The van der Waals surface area contributed by atoms with Gasteiger partial charge in [-0.25, -0.2) is 13.2 Å². The van der Waals surface area contributed by atoms with E-state index in [1.165, 1.54) is 24.3 Å². The van der Waals surface area contributed by atoms with Gasteiger partial charge in [-0.2, -0.15) is 0 Å². The summed E-state index contributed by atoms with van der Waals surface area (Å²) in [5.41, 5.74) is 0.859. The SMILES string of the molecule is CCOC1CCC(c2ccc(-c3ccc(C)cc3F)c(F)c2F)OC1. The Balaban J connectivity index is 1.86. The molecule has 1 aliphatic heterocycles. The Kier molecular flexibility index (Phi) is 5.45. The first-order valence-electron chi connectivity index (χ1n) is 8.48. The van der Waals surface area contributed by atoms with Crippen LogP contribution in [0.15, 0.2) is 30.3 Å². The van der Waals surface area contributed by atoms with E-state index in [9.17, 15) is 13.2 Å². The Morgan fingerprint density at radius 3 is 2.44 bits per heavy atom. The van der Waals surface area contributed by atoms with E-state index in [1.807, 2.05) is 6.92 Å². The predicted molar refractivity (Wildman–Crippen MR) is 89.8 cm³/mol. The molecule has 25 heavy (non-hydrogen) atoms. The minimum absolute atomic E-state index is 0.00455. The van der Waals surface area contributed by atoms with E-state index in [0.29, 0.717) is 19.6 Å². The Hall–Kier alpha value is -1.85. The van der Waals surface area contributed by atoms with Gasteiger partial charge in [-0.3, -0.25) is 0 Å². The number of halogens is 3. The Labute approximate surface area is 145 Å². The molecule has 0 N–H and O–H groups in total. The molecule has 2 aromatic carbocycles. The third-order valence-electron chi connectivity index (χ3n) is 4.51. The van der Waals surface area contributed by atoms with E-state index in [1.54, 1.807) is 13.0 Å². The zero-order valence-corrected chi connectivity index (χ0v) is 14.3. The molecule has 0 bridgehead atoms. The highest BCUT2D eigenvalue weighted by atomic mass is 19.2. The third kappa shape index (κ3) is 3.72. The highest BCUT2D eigenvalue weighted by molar-refractivity contribution is 5.66. The van der Waals surface area contributed by atoms with E-state index in [-0.39, 0.29) is 22.8 Å². The van der Waals surface area contributed by atoms with Gasteiger partial charge in [-0.1, -0.05) is 24.3 Å². The summed E-state index contributed by atoms with van der Waals surface area (Å²) < 4.78 is 54.4. The first-order chi connectivity index (χ1) is 12.0. The van der Waals surface area contributed by atoms with Crippen LogP contribution in [0.5, 0.6) is 0 Å². The van der Waals surface area contributed by atoms with Gasteiger partial charge < -0.3 is 9.47 Å². The van der Waals surface area contributed by atoms with Crippen molar-refractivity contribution < 1.29 is 22.6 Å². The molecule has 0 amide bonds. The average molecular weight is 350 g/mol. The molecule has 1 aliphatic rings. The number of aryl methyl sites for hydroxylation is 1. The predicted octanol–water partition coefficient (Wildman–Crippen LogP) is 5.34. The largest absolute Gasteiger partial charge is 0.376 e. The van der Waals surface area contributed by atoms with Crippen molar-refractivity contribution in [1.82, 2.24) is 0 Å². The van der Waals surface area contributed by atoms with Gasteiger partial charge in [0.05, 0.1) is 18.8 Å². The van der Waals surface area contributed by atoms with Crippen molar-refractivity contribution >= 4 is 0 Å². The summed E-state index contributed by atoms with van der Waals surface area (Å²) in [6.45, 7) is 4.60. The molecular weight excluding hydrogens is 329 g/mol. The van der Waals surface area contributed by atoms with Crippen LogP contribution in [0.25, 0.3) is 11.1 Å². The van der Waals surface area contributed by atoms with E-state index in [4.69, 9.17) is 9.47 Å². The van der Waals surface area contributed by atoms with E-state index in [0.717, 1.165) is 12.0 Å². The topological polar surface area (TPSA) is 18.5 Å². The van der Waals surface area contributed by atoms with Gasteiger partial charge in [0.15, 0.2) is 11.6 Å². The molecule has 0 saturated carbocycles. The molecule has 134 valence electrons. The average Bonchev–Trinajstić information content (AvgIpc) is 2.59. The highest BCUT2D eigenvalue weighted by Gasteiger charge is 2.27. The summed E-state index contributed by atoms with van der Waals surface area (Å²) in [6.07, 6.45) is 0.769. The molecule has 0 spiro atoms. The zero-order valence-electron chi connectivity index (χ0n) is 14.3. The van der Waals surface area contributed by atoms with Gasteiger partial charge >= 0.3 is 0 Å². The fourth-order valence-electron chi connectivity index (χ4n) is 3.20. The Bertz CT molecular complexity index is 753. The van der Waals surface area contributed by atoms with Crippen LogP contribution in [-0.4, -0.2) is 19.3 Å². The van der Waals surface area contributed by atoms with Gasteiger partial charge in [-0.05, 0) is 38.3 Å². The normalized spacial score (nSPS) is 20.7. The summed E-state index contributed by atoms with van der Waals surface area (Å²) in [6, 6.07) is 7.34. The van der Waals surface area contributed by atoms with Crippen LogP contribution in [0.3, 0.4) is 0 Å². The van der Waals surface area contributed by atoms with Crippen molar-refractivity contribution in [1.29, 1.82) is 0 Å². The lowest BCUT2D eigenvalue weighted by atomic mass is 9.95. The first-order valence-corrected chi connectivity index (χ1v) is 8.48. The molecule has 0 radical (unpaired) electrons. The molecule has 2 nitrogen and oxygen atoms in total. The van der Waals surface area contributed by atoms with Gasteiger partial charge in [-0.15, -0.1) is 0 Å². The fraction of sp³-hybridized carbons (Fsp3) is 0.400. The van der Waals surface area contributed by atoms with Crippen LogP contribution in [0.1, 0.15) is 37.0 Å². The minimum Gasteiger partial charge on any atom is -0.376 e. The minimum atomic E-state index is -1.05. The van der Waals surface area contributed by atoms with Crippen molar-refractivity contribution in [2.75, 3.05) is 13.2 Å². The molecule has 2 aromatic rings. The molecule has 5 heteroatoms. The second kappa shape index (κ2) is 7.58. The molecular formula is C20H21F3O2. The van der Waals surface area contributed by atoms with E-state index in [2.05, 4.69) is 0 Å². The maximum Gasteiger partial charge on any atom is 0.167 e. The van der Waals surface area contributed by atoms with Crippen LogP contribution < -0.4 is 0 Å². The van der Waals surface area contributed by atoms with Crippen LogP contribution in [-0.2, 0) is 9.47 Å². The molecule has 1 fully saturated rings. The molecule has 2 atom stereocenters. The second-order valence-electron chi connectivity index (χ2n) is 6.29. The summed E-state index contributed by atoms with van der Waals surface area (Å²) in [5, 5.41) is 0. The standard InChI is InChI=1S/C20H21F3O2/c1-3-24-13-5-9-18(25-11-13)16-8-7-15(19(22)20(16)23)14-6-4-12(2)10-17(14)21/h4,6-8,10,13,18H,3,5,9,11H2,1-2H3. The van der Waals surface area contributed by atoms with E-state index >= 15 is 0 Å². The zero-order chi connectivity index (χ0) is 18.0. The van der Waals surface area contributed by atoms with Crippen molar-refractivity contribution in [3.63, 3.8) is 0 Å². The summed E-state index contributed by atoms with van der Waals surface area (Å²) >= 11 is 0. The second-order valence-corrected chi connectivity index (χ2v) is 6.29. The maximum atomic E-state index is 14.6. The smallest absolute Gasteiger partial charge is 0.167 e. The monoisotopic (exact) mass is 350 g/mol. The quantitative estimate of drug-likeness (QED) is 0.741. The lowest BCUT2D eigenvalue weighted by Crippen LogP contribution is -2.28. The number of benzene rings is 2. The molecule has 0 aromatic heterocycles. The third-order valence-corrected chi connectivity index (χ3v) is 4.51. The molecule has 1 saturated heterocycles. The molecule has 2 unspecified atom stereocenters. The van der Waals surface area contributed by atoms with Gasteiger partial charge in [0.2, 0.25) is 0 Å². The number of ether oxygens (including phenoxy) is 2. The molecule has 1 heterocycles. The first kappa shape index (κ1) is 18.0. The van der Waals surface area contributed by atoms with Crippen molar-refractivity contribution in [2.24, 2.45) is 0 Å². The highest BCUT2D eigenvalue weighted by Crippen LogP contribution is 2.35. The summed E-state index contributed by atoms with van der Waals surface area (Å²) in [4.78, 5) is 0. The van der Waals surface area contributed by atoms with Gasteiger partial charge in [0.25, 0.3) is 0 Å². The maximum absolute atomic E-state index is 14.6. The number of hydrogen-bond acceptors (Lipinski definition) is 2. The molecule has 3 rings (SSSR count). The van der Waals surface area contributed by atoms with Crippen LogP contribution in [0.4, 0.5) is 13.2 Å². The molecule has 0 aliphatic carbocycles. The lowest BCUT2D eigenvalue weighted by Gasteiger charge is -2.29. The summed E-state index contributed by atoms with van der Waals surface area (Å²) in [5.74, 6) is -2.59. The van der Waals surface area contributed by atoms with Crippen LogP contribution in [0.2, 0.25) is 0 Å². The van der Waals surface area contributed by atoms with Crippen molar-refractivity contribution in [2.45, 2.75) is 38.9 Å².